The van der Waals surface area contributed by atoms with Gasteiger partial charge in [-0.1, -0.05) is 12.1 Å². The van der Waals surface area contributed by atoms with Gasteiger partial charge in [0.1, 0.15) is 5.75 Å². The van der Waals surface area contributed by atoms with Crippen LogP contribution < -0.4 is 11.1 Å². The molecule has 1 amide bonds. The summed E-state index contributed by atoms with van der Waals surface area (Å²) in [6, 6.07) is 10.6. The minimum Gasteiger partial charge on any atom is -0.508 e. The standard InChI is InChI=1S/C16H18N2O2/c1-10-8-15(19)11(2)7-14(10)18-16(20)13-5-3-12(9-17)4-6-13/h3-8,19H,9,17H2,1-2H3,(H,18,20). The van der Waals surface area contributed by atoms with Crippen molar-refractivity contribution in [2.75, 3.05) is 5.32 Å². The zero-order chi connectivity index (χ0) is 14.7. The lowest BCUT2D eigenvalue weighted by molar-refractivity contribution is 0.102. The molecule has 104 valence electrons. The third-order valence-electron chi connectivity index (χ3n) is 3.24. The maximum atomic E-state index is 12.2. The van der Waals surface area contributed by atoms with Gasteiger partial charge in [-0.2, -0.15) is 0 Å². The van der Waals surface area contributed by atoms with Crippen LogP contribution in [0.5, 0.6) is 5.75 Å². The Morgan fingerprint density at radius 1 is 1.15 bits per heavy atom. The van der Waals surface area contributed by atoms with Gasteiger partial charge in [0.05, 0.1) is 0 Å². The van der Waals surface area contributed by atoms with E-state index in [4.69, 9.17) is 5.73 Å². The van der Waals surface area contributed by atoms with Crippen molar-refractivity contribution >= 4 is 11.6 Å². The molecule has 2 aromatic rings. The predicted octanol–water partition coefficient (Wildman–Crippen LogP) is 2.72. The molecule has 0 spiro atoms. The number of amides is 1. The molecular formula is C16H18N2O2. The van der Waals surface area contributed by atoms with E-state index in [1.807, 2.05) is 19.1 Å². The Morgan fingerprint density at radius 2 is 1.80 bits per heavy atom. The SMILES string of the molecule is Cc1cc(NC(=O)c2ccc(CN)cc2)c(C)cc1O. The average molecular weight is 270 g/mol. The Morgan fingerprint density at radius 3 is 2.40 bits per heavy atom. The summed E-state index contributed by atoms with van der Waals surface area (Å²) in [4.78, 5) is 12.2. The second kappa shape index (κ2) is 5.75. The zero-order valence-electron chi connectivity index (χ0n) is 11.6. The van der Waals surface area contributed by atoms with Crippen LogP contribution in [0.15, 0.2) is 36.4 Å². The number of aryl methyl sites for hydroxylation is 2. The molecule has 0 radical (unpaired) electrons. The van der Waals surface area contributed by atoms with Crippen molar-refractivity contribution in [2.45, 2.75) is 20.4 Å². The van der Waals surface area contributed by atoms with E-state index in [-0.39, 0.29) is 11.7 Å². The molecule has 4 nitrogen and oxygen atoms in total. The van der Waals surface area contributed by atoms with Crippen molar-refractivity contribution < 1.29 is 9.90 Å². The van der Waals surface area contributed by atoms with Crippen molar-refractivity contribution in [2.24, 2.45) is 5.73 Å². The summed E-state index contributed by atoms with van der Waals surface area (Å²) < 4.78 is 0. The number of carbonyl (C=O) groups excluding carboxylic acids is 1. The summed E-state index contributed by atoms with van der Waals surface area (Å²) >= 11 is 0. The Kier molecular flexibility index (Phi) is 4.05. The lowest BCUT2D eigenvalue weighted by atomic mass is 10.1. The molecule has 4 heteroatoms. The average Bonchev–Trinajstić information content (AvgIpc) is 2.44. The molecule has 0 fully saturated rings. The predicted molar refractivity (Wildman–Crippen MR) is 79.9 cm³/mol. The number of hydrogen-bond acceptors (Lipinski definition) is 3. The van der Waals surface area contributed by atoms with Crippen LogP contribution in [0.4, 0.5) is 5.69 Å². The van der Waals surface area contributed by atoms with Gasteiger partial charge < -0.3 is 16.2 Å². The van der Waals surface area contributed by atoms with E-state index in [1.165, 1.54) is 0 Å². The smallest absolute Gasteiger partial charge is 0.255 e. The van der Waals surface area contributed by atoms with Gasteiger partial charge in [-0.05, 0) is 54.8 Å². The number of nitrogens with one attached hydrogen (secondary N) is 1. The Labute approximate surface area is 118 Å². The number of aromatic hydroxyl groups is 1. The Balaban J connectivity index is 2.20. The highest BCUT2D eigenvalue weighted by Crippen LogP contribution is 2.25. The fourth-order valence-corrected chi connectivity index (χ4v) is 1.92. The molecule has 0 unspecified atom stereocenters. The topological polar surface area (TPSA) is 75.4 Å². The van der Waals surface area contributed by atoms with Crippen molar-refractivity contribution in [3.63, 3.8) is 0 Å². The third kappa shape index (κ3) is 2.97. The molecule has 2 aromatic carbocycles. The Hall–Kier alpha value is -2.33. The molecule has 0 aromatic heterocycles. The molecule has 0 aliphatic carbocycles. The number of rotatable bonds is 3. The third-order valence-corrected chi connectivity index (χ3v) is 3.24. The van der Waals surface area contributed by atoms with Crippen molar-refractivity contribution in [3.05, 3.63) is 58.7 Å². The van der Waals surface area contributed by atoms with Gasteiger partial charge in [0.25, 0.3) is 5.91 Å². The molecule has 0 saturated heterocycles. The quantitative estimate of drug-likeness (QED) is 0.751. The number of hydrogen-bond donors (Lipinski definition) is 3. The molecule has 2 rings (SSSR count). The monoisotopic (exact) mass is 270 g/mol. The van der Waals surface area contributed by atoms with Crippen LogP contribution >= 0.6 is 0 Å². The normalized spacial score (nSPS) is 10.3. The molecule has 0 atom stereocenters. The fraction of sp³-hybridized carbons (Fsp3) is 0.188. The van der Waals surface area contributed by atoms with E-state index in [2.05, 4.69) is 5.32 Å². The van der Waals surface area contributed by atoms with Gasteiger partial charge in [0.15, 0.2) is 0 Å². The summed E-state index contributed by atoms with van der Waals surface area (Å²) in [7, 11) is 0. The van der Waals surface area contributed by atoms with Crippen LogP contribution in [0.1, 0.15) is 27.0 Å². The van der Waals surface area contributed by atoms with Gasteiger partial charge in [0, 0.05) is 17.8 Å². The minimum absolute atomic E-state index is 0.179. The first-order valence-corrected chi connectivity index (χ1v) is 6.42. The van der Waals surface area contributed by atoms with Crippen molar-refractivity contribution in [1.82, 2.24) is 0 Å². The maximum absolute atomic E-state index is 12.2. The van der Waals surface area contributed by atoms with E-state index in [9.17, 15) is 9.90 Å². The van der Waals surface area contributed by atoms with Gasteiger partial charge in [-0.15, -0.1) is 0 Å². The summed E-state index contributed by atoms with van der Waals surface area (Å²) in [6.45, 7) is 4.09. The van der Waals surface area contributed by atoms with Gasteiger partial charge in [0.2, 0.25) is 0 Å². The fourth-order valence-electron chi connectivity index (χ4n) is 1.92. The lowest BCUT2D eigenvalue weighted by Crippen LogP contribution is -2.13. The van der Waals surface area contributed by atoms with Gasteiger partial charge in [-0.25, -0.2) is 0 Å². The zero-order valence-corrected chi connectivity index (χ0v) is 11.6. The highest BCUT2D eigenvalue weighted by Gasteiger charge is 2.09. The van der Waals surface area contributed by atoms with E-state index in [0.717, 1.165) is 16.7 Å². The van der Waals surface area contributed by atoms with Crippen LogP contribution in [0.25, 0.3) is 0 Å². The second-order valence-corrected chi connectivity index (χ2v) is 4.81. The van der Waals surface area contributed by atoms with E-state index in [0.29, 0.717) is 17.8 Å². The van der Waals surface area contributed by atoms with Crippen molar-refractivity contribution in [3.8, 4) is 5.75 Å². The summed E-state index contributed by atoms with van der Waals surface area (Å²) in [5.41, 5.74) is 9.33. The first-order valence-electron chi connectivity index (χ1n) is 6.42. The maximum Gasteiger partial charge on any atom is 0.255 e. The highest BCUT2D eigenvalue weighted by atomic mass is 16.3. The van der Waals surface area contributed by atoms with Crippen LogP contribution in [-0.4, -0.2) is 11.0 Å². The summed E-state index contributed by atoms with van der Waals surface area (Å²) in [6.07, 6.45) is 0. The molecule has 0 aliphatic heterocycles. The van der Waals surface area contributed by atoms with Crippen LogP contribution in [0.3, 0.4) is 0 Å². The van der Waals surface area contributed by atoms with E-state index in [1.54, 1.807) is 31.2 Å². The number of nitrogens with two attached hydrogens (primary N) is 1. The van der Waals surface area contributed by atoms with Crippen LogP contribution in [-0.2, 0) is 6.54 Å². The molecular weight excluding hydrogens is 252 g/mol. The number of phenols is 1. The summed E-state index contributed by atoms with van der Waals surface area (Å²) in [5.74, 6) is 0.0505. The minimum atomic E-state index is -0.179. The largest absolute Gasteiger partial charge is 0.508 e. The lowest BCUT2D eigenvalue weighted by Gasteiger charge is -2.11. The van der Waals surface area contributed by atoms with Gasteiger partial charge in [-0.3, -0.25) is 4.79 Å². The van der Waals surface area contributed by atoms with E-state index >= 15 is 0 Å². The number of benzene rings is 2. The molecule has 0 aliphatic rings. The molecule has 0 heterocycles. The first kappa shape index (κ1) is 14.1. The first-order chi connectivity index (χ1) is 9.51. The Bertz CT molecular complexity index is 634. The summed E-state index contributed by atoms with van der Waals surface area (Å²) in [5, 5.41) is 12.5. The number of anilines is 1. The molecule has 20 heavy (non-hydrogen) atoms. The second-order valence-electron chi connectivity index (χ2n) is 4.81. The van der Waals surface area contributed by atoms with Crippen LogP contribution in [0, 0.1) is 13.8 Å². The number of phenolic OH excluding ortho intramolecular Hbond substituents is 1. The van der Waals surface area contributed by atoms with Crippen molar-refractivity contribution in [1.29, 1.82) is 0 Å². The molecule has 4 N–H and O–H groups in total. The number of carbonyl (C=O) groups is 1. The van der Waals surface area contributed by atoms with E-state index < -0.39 is 0 Å². The highest BCUT2D eigenvalue weighted by molar-refractivity contribution is 6.04. The molecule has 0 saturated carbocycles. The van der Waals surface area contributed by atoms with Gasteiger partial charge >= 0.3 is 0 Å². The molecule has 0 bridgehead atoms. The van der Waals surface area contributed by atoms with Crippen LogP contribution in [0.2, 0.25) is 0 Å².